The van der Waals surface area contributed by atoms with E-state index >= 15 is 0 Å². The average Bonchev–Trinajstić information content (AvgIpc) is 2.88. The lowest BCUT2D eigenvalue weighted by atomic mass is 10.1. The van der Waals surface area contributed by atoms with Crippen LogP contribution in [-0.4, -0.2) is 23.6 Å². The van der Waals surface area contributed by atoms with Gasteiger partial charge in [0.2, 0.25) is 0 Å². The van der Waals surface area contributed by atoms with Gasteiger partial charge < -0.3 is 5.32 Å². The fourth-order valence-electron chi connectivity index (χ4n) is 2.30. The molecule has 0 unspecified atom stereocenters. The van der Waals surface area contributed by atoms with E-state index in [-0.39, 0.29) is 11.7 Å². The number of benzene rings is 1. The number of halogens is 3. The number of nitrogens with zero attached hydrogens (tertiary/aromatic N) is 1. The molecule has 24 heavy (non-hydrogen) atoms. The molecule has 3 rings (SSSR count). The van der Waals surface area contributed by atoms with Gasteiger partial charge >= 0.3 is 17.7 Å². The monoisotopic (exact) mass is 335 g/mol. The van der Waals surface area contributed by atoms with Crippen molar-refractivity contribution in [2.75, 3.05) is 5.32 Å². The zero-order chi connectivity index (χ0) is 17.4. The second-order valence-electron chi connectivity index (χ2n) is 5.39. The Bertz CT molecular complexity index is 787. The maximum atomic E-state index is 13.7. The van der Waals surface area contributed by atoms with Gasteiger partial charge in [0.05, 0.1) is 6.20 Å². The van der Waals surface area contributed by atoms with E-state index in [4.69, 9.17) is 0 Å². The van der Waals surface area contributed by atoms with E-state index in [2.05, 4.69) is 20.6 Å². The standard InChI is InChI=1S/C16H13F3N4O/c1-10-7-8-12(20-9-10)22-15(16(17,18)19)14(24)21-13(23-15)11-5-3-2-4-6-11/h2-9H,1H3,(H,20,22)(H,21,23,24)/p+1/t15-/m1/s1. The number of rotatable bonds is 3. The summed E-state index contributed by atoms with van der Waals surface area (Å²) in [5.74, 6) is -1.37. The molecule has 1 aromatic heterocycles. The van der Waals surface area contributed by atoms with Gasteiger partial charge in [0, 0.05) is 11.6 Å². The van der Waals surface area contributed by atoms with E-state index in [0.717, 1.165) is 5.56 Å². The largest absolute Gasteiger partial charge is 0.464 e. The topological polar surface area (TPSA) is 67.6 Å². The Hall–Kier alpha value is -2.90. The van der Waals surface area contributed by atoms with Crippen molar-refractivity contribution in [2.24, 2.45) is 4.99 Å². The van der Waals surface area contributed by atoms with Gasteiger partial charge in [-0.15, -0.1) is 0 Å². The molecule has 0 fully saturated rings. The Morgan fingerprint density at radius 3 is 2.46 bits per heavy atom. The van der Waals surface area contributed by atoms with Crippen molar-refractivity contribution in [3.63, 3.8) is 0 Å². The number of alkyl halides is 3. The van der Waals surface area contributed by atoms with E-state index in [1.165, 1.54) is 12.3 Å². The minimum Gasteiger partial charge on any atom is -0.304 e. The summed E-state index contributed by atoms with van der Waals surface area (Å²) in [6.45, 7) is 1.79. The zero-order valence-electron chi connectivity index (χ0n) is 12.6. The number of carbonyl (C=O) groups is 1. The summed E-state index contributed by atoms with van der Waals surface area (Å²) in [4.78, 5) is 18.5. The SMILES string of the molecule is Cc1ccc(N[C@@]2(C(F)(F)F)N=C(c3ccccc3)NC2=O)[nH+]c1. The highest BCUT2D eigenvalue weighted by Crippen LogP contribution is 2.37. The predicted molar refractivity (Wildman–Crippen MR) is 81.3 cm³/mol. The summed E-state index contributed by atoms with van der Waals surface area (Å²) in [6.07, 6.45) is -3.40. The summed E-state index contributed by atoms with van der Waals surface area (Å²) < 4.78 is 41.0. The van der Waals surface area contributed by atoms with Gasteiger partial charge in [-0.2, -0.15) is 13.2 Å². The van der Waals surface area contributed by atoms with E-state index < -0.39 is 17.7 Å². The van der Waals surface area contributed by atoms with E-state index in [1.54, 1.807) is 43.3 Å². The number of pyridine rings is 1. The number of amides is 1. The van der Waals surface area contributed by atoms with Gasteiger partial charge in [-0.3, -0.25) is 4.79 Å². The molecule has 124 valence electrons. The molecule has 1 amide bonds. The van der Waals surface area contributed by atoms with E-state index in [1.807, 2.05) is 0 Å². The second-order valence-corrected chi connectivity index (χ2v) is 5.39. The molecule has 1 aliphatic heterocycles. The molecular formula is C16H14F3N4O+. The van der Waals surface area contributed by atoms with Gasteiger partial charge in [-0.05, 0) is 18.6 Å². The first-order chi connectivity index (χ1) is 11.3. The number of H-pyrrole nitrogens is 1. The summed E-state index contributed by atoms with van der Waals surface area (Å²) in [7, 11) is 0. The highest BCUT2D eigenvalue weighted by atomic mass is 19.4. The number of aromatic amines is 1. The van der Waals surface area contributed by atoms with Gasteiger partial charge in [0.25, 0.3) is 5.82 Å². The first-order valence-electron chi connectivity index (χ1n) is 7.12. The Morgan fingerprint density at radius 1 is 1.17 bits per heavy atom. The smallest absolute Gasteiger partial charge is 0.304 e. The highest BCUT2D eigenvalue weighted by molar-refractivity contribution is 6.16. The lowest BCUT2D eigenvalue weighted by molar-refractivity contribution is -0.363. The fraction of sp³-hybridized carbons (Fsp3) is 0.188. The van der Waals surface area contributed by atoms with Crippen LogP contribution in [0.4, 0.5) is 19.0 Å². The first-order valence-corrected chi connectivity index (χ1v) is 7.12. The van der Waals surface area contributed by atoms with Crippen molar-refractivity contribution < 1.29 is 22.9 Å². The maximum absolute atomic E-state index is 13.7. The number of amidine groups is 1. The molecule has 1 aromatic carbocycles. The van der Waals surface area contributed by atoms with Crippen molar-refractivity contribution >= 4 is 17.6 Å². The number of nitrogens with one attached hydrogen (secondary N) is 3. The van der Waals surface area contributed by atoms with Crippen molar-refractivity contribution in [3.8, 4) is 0 Å². The summed E-state index contributed by atoms with van der Waals surface area (Å²) in [5.41, 5.74) is -1.85. The number of hydrogen-bond donors (Lipinski definition) is 2. The minimum absolute atomic E-state index is 0.0335. The molecule has 2 aromatic rings. The van der Waals surface area contributed by atoms with Crippen molar-refractivity contribution in [1.82, 2.24) is 5.32 Å². The number of carbonyl (C=O) groups excluding carboxylic acids is 1. The lowest BCUT2D eigenvalue weighted by Gasteiger charge is -2.22. The Balaban J connectivity index is 2.04. The molecule has 1 atom stereocenters. The van der Waals surface area contributed by atoms with Crippen LogP contribution >= 0.6 is 0 Å². The molecule has 0 spiro atoms. The van der Waals surface area contributed by atoms with Crippen LogP contribution in [0.5, 0.6) is 0 Å². The molecule has 0 radical (unpaired) electrons. The van der Waals surface area contributed by atoms with Crippen molar-refractivity contribution in [3.05, 3.63) is 59.8 Å². The van der Waals surface area contributed by atoms with Gasteiger partial charge in [0.1, 0.15) is 5.84 Å². The van der Waals surface area contributed by atoms with Gasteiger partial charge in [-0.25, -0.2) is 15.3 Å². The van der Waals surface area contributed by atoms with Crippen LogP contribution in [0.3, 0.4) is 0 Å². The number of aliphatic imine (C=N–C) groups is 1. The molecule has 2 heterocycles. The van der Waals surface area contributed by atoms with Crippen LogP contribution in [0, 0.1) is 6.92 Å². The van der Waals surface area contributed by atoms with Crippen LogP contribution in [0.2, 0.25) is 0 Å². The normalized spacial score (nSPS) is 20.5. The van der Waals surface area contributed by atoms with Gasteiger partial charge in [0.15, 0.2) is 0 Å². The van der Waals surface area contributed by atoms with E-state index in [0.29, 0.717) is 5.56 Å². The second kappa shape index (κ2) is 5.63. The third-order valence-electron chi connectivity index (χ3n) is 3.58. The quantitative estimate of drug-likeness (QED) is 0.901. The predicted octanol–water partition coefficient (Wildman–Crippen LogP) is 2.06. The highest BCUT2D eigenvalue weighted by Gasteiger charge is 2.68. The molecule has 8 heteroatoms. The van der Waals surface area contributed by atoms with Crippen LogP contribution in [0.1, 0.15) is 11.1 Å². The Morgan fingerprint density at radius 2 is 1.88 bits per heavy atom. The third kappa shape index (κ3) is 2.70. The molecular weight excluding hydrogens is 321 g/mol. The summed E-state index contributed by atoms with van der Waals surface area (Å²) in [6, 6.07) is 11.2. The van der Waals surface area contributed by atoms with Gasteiger partial charge in [-0.1, -0.05) is 30.3 Å². The first kappa shape index (κ1) is 16.0. The van der Waals surface area contributed by atoms with Crippen LogP contribution < -0.4 is 15.6 Å². The number of aryl methyl sites for hydroxylation is 1. The molecule has 1 aliphatic rings. The molecule has 5 nitrogen and oxygen atoms in total. The van der Waals surface area contributed by atoms with E-state index in [9.17, 15) is 18.0 Å². The fourth-order valence-corrected chi connectivity index (χ4v) is 2.30. The Labute approximate surface area is 135 Å². The number of hydrogen-bond acceptors (Lipinski definition) is 3. The summed E-state index contributed by atoms with van der Waals surface area (Å²) >= 11 is 0. The summed E-state index contributed by atoms with van der Waals surface area (Å²) in [5, 5.41) is 4.40. The van der Waals surface area contributed by atoms with Crippen molar-refractivity contribution in [2.45, 2.75) is 18.8 Å². The Kier molecular flexibility index (Phi) is 3.75. The average molecular weight is 335 g/mol. The molecule has 0 aliphatic carbocycles. The molecule has 0 saturated heterocycles. The third-order valence-corrected chi connectivity index (χ3v) is 3.58. The lowest BCUT2D eigenvalue weighted by Crippen LogP contribution is -2.57. The molecule has 3 N–H and O–H groups in total. The minimum atomic E-state index is -4.92. The maximum Gasteiger partial charge on any atom is 0.464 e. The molecule has 0 saturated carbocycles. The number of anilines is 1. The van der Waals surface area contributed by atoms with Crippen LogP contribution in [-0.2, 0) is 4.79 Å². The van der Waals surface area contributed by atoms with Crippen LogP contribution in [0.25, 0.3) is 0 Å². The molecule has 0 bridgehead atoms. The van der Waals surface area contributed by atoms with Crippen molar-refractivity contribution in [1.29, 1.82) is 0 Å². The van der Waals surface area contributed by atoms with Crippen LogP contribution in [0.15, 0.2) is 53.7 Å². The number of aromatic nitrogens is 1. The zero-order valence-corrected chi connectivity index (χ0v) is 12.6.